The minimum Gasteiger partial charge on any atom is -0.442 e. The first-order valence-electron chi connectivity index (χ1n) is 3.52. The van der Waals surface area contributed by atoms with Crippen molar-refractivity contribution in [1.29, 1.82) is 0 Å². The van der Waals surface area contributed by atoms with Crippen LogP contribution in [0.4, 0.5) is 0 Å². The van der Waals surface area contributed by atoms with Crippen molar-refractivity contribution in [3.05, 3.63) is 0 Å². The summed E-state index contributed by atoms with van der Waals surface area (Å²) in [6, 6.07) is 0. The molecular formula is C7H13NO2S2. The van der Waals surface area contributed by atoms with E-state index in [2.05, 4.69) is 4.99 Å². The molecule has 0 aliphatic heterocycles. The highest BCUT2D eigenvalue weighted by atomic mass is 32.2. The second kappa shape index (κ2) is 7.49. The molecule has 0 aliphatic rings. The molecule has 0 atom stereocenters. The third kappa shape index (κ3) is 5.49. The monoisotopic (exact) mass is 207 g/mol. The second-order valence-electron chi connectivity index (χ2n) is 1.83. The van der Waals surface area contributed by atoms with Crippen LogP contribution in [-0.4, -0.2) is 29.6 Å². The zero-order valence-electron chi connectivity index (χ0n) is 7.49. The molecule has 0 radical (unpaired) electrons. The summed E-state index contributed by atoms with van der Waals surface area (Å²) in [7, 11) is 0. The van der Waals surface area contributed by atoms with E-state index in [0.29, 0.717) is 6.42 Å². The summed E-state index contributed by atoms with van der Waals surface area (Å²) in [6.07, 6.45) is 4.29. The quantitative estimate of drug-likeness (QED) is 0.403. The van der Waals surface area contributed by atoms with Gasteiger partial charge in [0, 0.05) is 6.42 Å². The van der Waals surface area contributed by atoms with Gasteiger partial charge in [-0.3, -0.25) is 4.79 Å². The lowest BCUT2D eigenvalue weighted by molar-refractivity contribution is -0.142. The molecule has 0 amide bonds. The Labute approximate surface area is 81.3 Å². The van der Waals surface area contributed by atoms with E-state index in [1.165, 1.54) is 0 Å². The van der Waals surface area contributed by atoms with Crippen LogP contribution < -0.4 is 0 Å². The van der Waals surface area contributed by atoms with Gasteiger partial charge in [-0.1, -0.05) is 6.92 Å². The maximum absolute atomic E-state index is 10.7. The molecule has 0 unspecified atom stereocenters. The number of hydrogen-bond donors (Lipinski definition) is 0. The SMILES string of the molecule is CCC(=O)OCN=C(SC)SC. The molecule has 12 heavy (non-hydrogen) atoms. The summed E-state index contributed by atoms with van der Waals surface area (Å²) >= 11 is 3.10. The van der Waals surface area contributed by atoms with Gasteiger partial charge >= 0.3 is 5.97 Å². The third-order valence-electron chi connectivity index (χ3n) is 1.06. The molecule has 0 aliphatic carbocycles. The molecule has 70 valence electrons. The molecule has 0 spiro atoms. The van der Waals surface area contributed by atoms with E-state index in [4.69, 9.17) is 4.74 Å². The molecule has 0 fully saturated rings. The standard InChI is InChI=1S/C7H13NO2S2/c1-4-6(9)10-5-8-7(11-2)12-3/h4-5H2,1-3H3. The Hall–Kier alpha value is -0.160. The highest BCUT2D eigenvalue weighted by Gasteiger charge is 1.97. The topological polar surface area (TPSA) is 38.7 Å². The van der Waals surface area contributed by atoms with Gasteiger partial charge in [0.2, 0.25) is 0 Å². The fourth-order valence-electron chi connectivity index (χ4n) is 0.471. The van der Waals surface area contributed by atoms with Crippen molar-refractivity contribution in [2.45, 2.75) is 13.3 Å². The van der Waals surface area contributed by atoms with Crippen molar-refractivity contribution in [2.75, 3.05) is 19.2 Å². The summed E-state index contributed by atoms with van der Waals surface area (Å²) in [4.78, 5) is 14.7. The first-order valence-corrected chi connectivity index (χ1v) is 5.97. The van der Waals surface area contributed by atoms with E-state index in [1.807, 2.05) is 12.5 Å². The summed E-state index contributed by atoms with van der Waals surface area (Å²) in [5.74, 6) is -0.208. The van der Waals surface area contributed by atoms with Crippen molar-refractivity contribution >= 4 is 33.9 Å². The van der Waals surface area contributed by atoms with Gasteiger partial charge in [-0.2, -0.15) is 0 Å². The minimum atomic E-state index is -0.208. The predicted molar refractivity (Wildman–Crippen MR) is 55.7 cm³/mol. The molecule has 0 aromatic rings. The number of rotatable bonds is 3. The first-order chi connectivity index (χ1) is 5.74. The average Bonchev–Trinajstić information content (AvgIpc) is 2.12. The molecule has 0 aromatic carbocycles. The number of ether oxygens (including phenoxy) is 1. The lowest BCUT2D eigenvalue weighted by Gasteiger charge is -2.00. The molecule has 0 aromatic heterocycles. The molecule has 0 saturated heterocycles. The summed E-state index contributed by atoms with van der Waals surface area (Å²) in [5, 5.41) is 0. The zero-order valence-corrected chi connectivity index (χ0v) is 9.13. The number of carbonyl (C=O) groups is 1. The van der Waals surface area contributed by atoms with Gasteiger partial charge in [0.15, 0.2) is 6.73 Å². The molecule has 0 bridgehead atoms. The van der Waals surface area contributed by atoms with Crippen molar-refractivity contribution < 1.29 is 9.53 Å². The van der Waals surface area contributed by atoms with Gasteiger partial charge in [-0.25, -0.2) is 4.99 Å². The maximum atomic E-state index is 10.7. The number of carbonyl (C=O) groups excluding carboxylic acids is 1. The Morgan fingerprint density at radius 2 is 2.00 bits per heavy atom. The number of thioether (sulfide) groups is 2. The molecule has 0 saturated carbocycles. The van der Waals surface area contributed by atoms with Gasteiger partial charge in [-0.15, -0.1) is 23.5 Å². The first kappa shape index (κ1) is 11.8. The van der Waals surface area contributed by atoms with Gasteiger partial charge in [-0.05, 0) is 12.5 Å². The molecule has 5 heteroatoms. The van der Waals surface area contributed by atoms with E-state index >= 15 is 0 Å². The lowest BCUT2D eigenvalue weighted by atomic mass is 10.5. The average molecular weight is 207 g/mol. The summed E-state index contributed by atoms with van der Waals surface area (Å²) < 4.78 is 5.70. The van der Waals surface area contributed by atoms with E-state index in [0.717, 1.165) is 4.38 Å². The molecule has 3 nitrogen and oxygen atoms in total. The fraction of sp³-hybridized carbons (Fsp3) is 0.714. The summed E-state index contributed by atoms with van der Waals surface area (Å²) in [5.41, 5.74) is 0. The van der Waals surface area contributed by atoms with Crippen LogP contribution in [0.5, 0.6) is 0 Å². The predicted octanol–water partition coefficient (Wildman–Crippen LogP) is 1.98. The fourth-order valence-corrected chi connectivity index (χ4v) is 1.50. The Balaban J connectivity index is 3.64. The van der Waals surface area contributed by atoms with Crippen molar-refractivity contribution in [1.82, 2.24) is 0 Å². The van der Waals surface area contributed by atoms with Crippen molar-refractivity contribution in [3.8, 4) is 0 Å². The number of hydrogen-bond acceptors (Lipinski definition) is 5. The maximum Gasteiger partial charge on any atom is 0.307 e. The third-order valence-corrected chi connectivity index (χ3v) is 3.01. The Kier molecular flexibility index (Phi) is 7.39. The van der Waals surface area contributed by atoms with Gasteiger partial charge < -0.3 is 4.74 Å². The van der Waals surface area contributed by atoms with Crippen LogP contribution in [0.15, 0.2) is 4.99 Å². The van der Waals surface area contributed by atoms with Crippen molar-refractivity contribution in [3.63, 3.8) is 0 Å². The van der Waals surface area contributed by atoms with Gasteiger partial charge in [0.25, 0.3) is 0 Å². The van der Waals surface area contributed by atoms with Crippen LogP contribution >= 0.6 is 23.5 Å². The second-order valence-corrected chi connectivity index (χ2v) is 3.68. The summed E-state index contributed by atoms with van der Waals surface area (Å²) in [6.45, 7) is 1.90. The smallest absolute Gasteiger partial charge is 0.307 e. The number of aliphatic imine (C=N–C) groups is 1. The van der Waals surface area contributed by atoms with Crippen LogP contribution in [0.25, 0.3) is 0 Å². The van der Waals surface area contributed by atoms with E-state index < -0.39 is 0 Å². The Bertz CT molecular complexity index is 165. The highest BCUT2D eigenvalue weighted by Crippen LogP contribution is 2.10. The van der Waals surface area contributed by atoms with Crippen LogP contribution in [-0.2, 0) is 9.53 Å². The highest BCUT2D eigenvalue weighted by molar-refractivity contribution is 8.38. The largest absolute Gasteiger partial charge is 0.442 e. The Morgan fingerprint density at radius 1 is 1.42 bits per heavy atom. The van der Waals surface area contributed by atoms with Crippen LogP contribution in [0.2, 0.25) is 0 Å². The van der Waals surface area contributed by atoms with E-state index in [1.54, 1.807) is 30.4 Å². The lowest BCUT2D eigenvalue weighted by Crippen LogP contribution is -2.02. The van der Waals surface area contributed by atoms with Crippen molar-refractivity contribution in [2.24, 2.45) is 4.99 Å². The molecule has 0 rings (SSSR count). The minimum absolute atomic E-state index is 0.143. The molecular weight excluding hydrogens is 194 g/mol. The molecule has 0 N–H and O–H groups in total. The van der Waals surface area contributed by atoms with Crippen LogP contribution in [0.1, 0.15) is 13.3 Å². The van der Waals surface area contributed by atoms with E-state index in [-0.39, 0.29) is 12.7 Å². The van der Waals surface area contributed by atoms with Gasteiger partial charge in [0.1, 0.15) is 4.38 Å². The number of nitrogens with zero attached hydrogens (tertiary/aromatic N) is 1. The van der Waals surface area contributed by atoms with E-state index in [9.17, 15) is 4.79 Å². The van der Waals surface area contributed by atoms with Crippen LogP contribution in [0.3, 0.4) is 0 Å². The van der Waals surface area contributed by atoms with Crippen LogP contribution in [0, 0.1) is 0 Å². The number of esters is 1. The zero-order chi connectivity index (χ0) is 9.40. The van der Waals surface area contributed by atoms with Gasteiger partial charge in [0.05, 0.1) is 0 Å². The molecule has 0 heterocycles. The Morgan fingerprint density at radius 3 is 2.42 bits per heavy atom. The normalized spacial score (nSPS) is 9.25.